The molecule has 0 radical (unpaired) electrons. The molecule has 0 bridgehead atoms. The standard InChI is InChI=1S/C26H20ClFN8O/c1-14(23-18-7-6-16(27)11-20(18)36(33-23)17-4-3-9-30-12-17)35-26-22(25(29)31-13-32-26)24(34-35)15-5-8-21(37-2)19(28)10-15/h3-14H,1-2H3,(H2,29,31,32). The van der Waals surface area contributed by atoms with E-state index in [1.165, 1.54) is 19.5 Å². The smallest absolute Gasteiger partial charge is 0.165 e. The largest absolute Gasteiger partial charge is 0.494 e. The Morgan fingerprint density at radius 3 is 2.70 bits per heavy atom. The minimum absolute atomic E-state index is 0.135. The van der Waals surface area contributed by atoms with Crippen molar-refractivity contribution in [2.45, 2.75) is 13.0 Å². The number of fused-ring (bicyclic) bond motifs is 2. The maximum atomic E-state index is 14.6. The summed E-state index contributed by atoms with van der Waals surface area (Å²) in [4.78, 5) is 12.9. The van der Waals surface area contributed by atoms with Gasteiger partial charge in [-0.2, -0.15) is 10.2 Å². The molecule has 9 nitrogen and oxygen atoms in total. The topological polar surface area (TPSA) is 110 Å². The molecule has 184 valence electrons. The molecule has 4 aromatic heterocycles. The van der Waals surface area contributed by atoms with Gasteiger partial charge >= 0.3 is 0 Å². The minimum atomic E-state index is -0.510. The fourth-order valence-electron chi connectivity index (χ4n) is 4.49. The maximum Gasteiger partial charge on any atom is 0.165 e. The quantitative estimate of drug-likeness (QED) is 0.336. The average molecular weight is 515 g/mol. The Kier molecular flexibility index (Phi) is 5.45. The summed E-state index contributed by atoms with van der Waals surface area (Å²) in [6.45, 7) is 1.97. The molecule has 1 atom stereocenters. The number of hydrogen-bond acceptors (Lipinski definition) is 7. The van der Waals surface area contributed by atoms with Gasteiger partial charge in [-0.1, -0.05) is 11.6 Å². The van der Waals surface area contributed by atoms with Crippen LogP contribution < -0.4 is 10.5 Å². The number of nitrogens with zero attached hydrogens (tertiary/aromatic N) is 7. The van der Waals surface area contributed by atoms with E-state index in [1.54, 1.807) is 33.9 Å². The van der Waals surface area contributed by atoms with Crippen LogP contribution in [0.1, 0.15) is 18.7 Å². The molecule has 4 heterocycles. The summed E-state index contributed by atoms with van der Waals surface area (Å²) in [6.07, 6.45) is 4.82. The lowest BCUT2D eigenvalue weighted by molar-refractivity contribution is 0.386. The zero-order valence-electron chi connectivity index (χ0n) is 19.8. The van der Waals surface area contributed by atoms with Gasteiger partial charge in [-0.05, 0) is 55.5 Å². The van der Waals surface area contributed by atoms with Gasteiger partial charge in [0.25, 0.3) is 0 Å². The molecular formula is C26H20ClFN8O. The number of methoxy groups -OCH3 is 1. The highest BCUT2D eigenvalue weighted by Crippen LogP contribution is 2.36. The van der Waals surface area contributed by atoms with E-state index >= 15 is 0 Å². The molecule has 1 unspecified atom stereocenters. The highest BCUT2D eigenvalue weighted by molar-refractivity contribution is 6.31. The lowest BCUT2D eigenvalue weighted by Gasteiger charge is -2.11. The highest BCUT2D eigenvalue weighted by Gasteiger charge is 2.25. The number of pyridine rings is 1. The normalized spacial score (nSPS) is 12.3. The molecule has 0 aliphatic rings. The lowest BCUT2D eigenvalue weighted by atomic mass is 10.1. The number of anilines is 1. The summed E-state index contributed by atoms with van der Waals surface area (Å²) < 4.78 is 23.2. The van der Waals surface area contributed by atoms with E-state index in [1.807, 2.05) is 37.3 Å². The van der Waals surface area contributed by atoms with Gasteiger partial charge in [0.2, 0.25) is 0 Å². The van der Waals surface area contributed by atoms with Crippen LogP contribution in [-0.2, 0) is 0 Å². The molecule has 2 N–H and O–H groups in total. The molecule has 37 heavy (non-hydrogen) atoms. The van der Waals surface area contributed by atoms with E-state index in [2.05, 4.69) is 15.0 Å². The third-order valence-corrected chi connectivity index (χ3v) is 6.50. The van der Waals surface area contributed by atoms with Crippen molar-refractivity contribution in [3.8, 4) is 22.7 Å². The van der Waals surface area contributed by atoms with Crippen LogP contribution in [0.2, 0.25) is 5.02 Å². The fourth-order valence-corrected chi connectivity index (χ4v) is 4.66. The Labute approximate surface area is 215 Å². The molecule has 2 aromatic carbocycles. The number of rotatable bonds is 5. The maximum absolute atomic E-state index is 14.6. The van der Waals surface area contributed by atoms with Crippen molar-refractivity contribution in [2.24, 2.45) is 0 Å². The summed E-state index contributed by atoms with van der Waals surface area (Å²) in [5, 5.41) is 11.8. The van der Waals surface area contributed by atoms with Gasteiger partial charge in [0.1, 0.15) is 17.8 Å². The molecule has 0 amide bonds. The Bertz CT molecular complexity index is 1780. The predicted molar refractivity (Wildman–Crippen MR) is 139 cm³/mol. The van der Waals surface area contributed by atoms with Crippen LogP contribution in [0.15, 0.2) is 67.3 Å². The highest BCUT2D eigenvalue weighted by atomic mass is 35.5. The van der Waals surface area contributed by atoms with Gasteiger partial charge in [0.05, 0.1) is 41.6 Å². The van der Waals surface area contributed by atoms with Crippen molar-refractivity contribution in [1.29, 1.82) is 0 Å². The van der Waals surface area contributed by atoms with E-state index in [9.17, 15) is 4.39 Å². The summed E-state index contributed by atoms with van der Waals surface area (Å²) in [5.41, 5.74) is 10.1. The molecule has 11 heteroatoms. The first-order chi connectivity index (χ1) is 18.0. The van der Waals surface area contributed by atoms with Crippen molar-refractivity contribution in [1.82, 2.24) is 34.5 Å². The summed E-state index contributed by atoms with van der Waals surface area (Å²) >= 11 is 6.34. The van der Waals surface area contributed by atoms with E-state index in [0.29, 0.717) is 27.3 Å². The van der Waals surface area contributed by atoms with E-state index in [-0.39, 0.29) is 17.6 Å². The molecule has 0 saturated carbocycles. The van der Waals surface area contributed by atoms with Crippen LogP contribution >= 0.6 is 11.6 Å². The van der Waals surface area contributed by atoms with Crippen molar-refractivity contribution in [3.63, 3.8) is 0 Å². The SMILES string of the molecule is COc1ccc(-c2nn(C(C)c3nn(-c4cccnc4)c4cc(Cl)ccc34)c3ncnc(N)c23)cc1F. The van der Waals surface area contributed by atoms with Crippen LogP contribution in [0.4, 0.5) is 10.2 Å². The zero-order valence-corrected chi connectivity index (χ0v) is 20.6. The number of nitrogen functional groups attached to an aromatic ring is 1. The van der Waals surface area contributed by atoms with Crippen molar-refractivity contribution in [2.75, 3.05) is 12.8 Å². The fraction of sp³-hybridized carbons (Fsp3) is 0.115. The summed E-state index contributed by atoms with van der Waals surface area (Å²) in [7, 11) is 1.41. The second-order valence-electron chi connectivity index (χ2n) is 8.45. The van der Waals surface area contributed by atoms with Crippen LogP contribution in [0.25, 0.3) is 38.9 Å². The second-order valence-corrected chi connectivity index (χ2v) is 8.88. The molecule has 0 fully saturated rings. The first-order valence-corrected chi connectivity index (χ1v) is 11.7. The van der Waals surface area contributed by atoms with Crippen molar-refractivity contribution < 1.29 is 9.13 Å². The van der Waals surface area contributed by atoms with Crippen LogP contribution in [0.3, 0.4) is 0 Å². The number of benzene rings is 2. The van der Waals surface area contributed by atoms with Gasteiger partial charge in [0, 0.05) is 22.2 Å². The van der Waals surface area contributed by atoms with Gasteiger partial charge in [-0.25, -0.2) is 23.7 Å². The summed E-state index contributed by atoms with van der Waals surface area (Å²) in [5.74, 6) is -0.132. The third kappa shape index (κ3) is 3.73. The monoisotopic (exact) mass is 514 g/mol. The number of nitrogens with two attached hydrogens (primary N) is 1. The number of aromatic nitrogens is 7. The third-order valence-electron chi connectivity index (χ3n) is 6.27. The van der Waals surface area contributed by atoms with Crippen LogP contribution in [0, 0.1) is 5.82 Å². The lowest BCUT2D eigenvalue weighted by Crippen LogP contribution is -2.11. The average Bonchev–Trinajstić information content (AvgIpc) is 3.48. The van der Waals surface area contributed by atoms with Gasteiger partial charge < -0.3 is 10.5 Å². The molecule has 0 saturated heterocycles. The van der Waals surface area contributed by atoms with Gasteiger partial charge in [-0.15, -0.1) is 0 Å². The molecule has 0 aliphatic heterocycles. The minimum Gasteiger partial charge on any atom is -0.494 e. The van der Waals surface area contributed by atoms with Crippen LogP contribution in [-0.4, -0.2) is 41.6 Å². The second kappa shape index (κ2) is 8.82. The molecule has 0 spiro atoms. The van der Waals surface area contributed by atoms with Gasteiger partial charge in [0.15, 0.2) is 17.2 Å². The number of ether oxygens (including phenoxy) is 1. The Morgan fingerprint density at radius 2 is 1.95 bits per heavy atom. The molecule has 6 rings (SSSR count). The first-order valence-electron chi connectivity index (χ1n) is 11.4. The van der Waals surface area contributed by atoms with E-state index in [4.69, 9.17) is 32.3 Å². The van der Waals surface area contributed by atoms with Crippen molar-refractivity contribution in [3.05, 3.63) is 83.8 Å². The first kappa shape index (κ1) is 22.9. The zero-order chi connectivity index (χ0) is 25.7. The van der Waals surface area contributed by atoms with E-state index in [0.717, 1.165) is 22.3 Å². The van der Waals surface area contributed by atoms with Gasteiger partial charge in [-0.3, -0.25) is 4.98 Å². The number of hydrogen-bond donors (Lipinski definition) is 1. The van der Waals surface area contributed by atoms with Crippen LogP contribution in [0.5, 0.6) is 5.75 Å². The molecule has 6 aromatic rings. The Balaban J connectivity index is 1.57. The summed E-state index contributed by atoms with van der Waals surface area (Å²) in [6, 6.07) is 13.6. The van der Waals surface area contributed by atoms with Crippen molar-refractivity contribution >= 4 is 39.4 Å². The van der Waals surface area contributed by atoms with E-state index < -0.39 is 5.82 Å². The Hall–Kier alpha value is -4.57. The number of halogens is 2. The predicted octanol–water partition coefficient (Wildman–Crippen LogP) is 5.22. The molecular weight excluding hydrogens is 495 g/mol. The molecule has 0 aliphatic carbocycles. The Morgan fingerprint density at radius 1 is 1.08 bits per heavy atom.